The van der Waals surface area contributed by atoms with Gasteiger partial charge in [-0.25, -0.2) is 0 Å². The van der Waals surface area contributed by atoms with Crippen LogP contribution in [0.2, 0.25) is 5.02 Å². The highest BCUT2D eigenvalue weighted by atomic mass is 35.5. The molecule has 0 radical (unpaired) electrons. The summed E-state index contributed by atoms with van der Waals surface area (Å²) in [5.74, 6) is 0.519. The van der Waals surface area contributed by atoms with Crippen LogP contribution < -0.4 is 5.32 Å². The van der Waals surface area contributed by atoms with E-state index in [9.17, 15) is 4.79 Å². The highest BCUT2D eigenvalue weighted by Gasteiger charge is 2.07. The second-order valence-electron chi connectivity index (χ2n) is 5.17. The molecule has 0 fully saturated rings. The summed E-state index contributed by atoms with van der Waals surface area (Å²) in [6, 6.07) is 6.99. The summed E-state index contributed by atoms with van der Waals surface area (Å²) in [6.45, 7) is 5.15. The topological polar surface area (TPSA) is 29.1 Å². The van der Waals surface area contributed by atoms with Crippen molar-refractivity contribution in [2.24, 2.45) is 5.92 Å². The molecule has 0 heterocycles. The number of hydrogen-bond acceptors (Lipinski definition) is 1. The van der Waals surface area contributed by atoms with Crippen molar-refractivity contribution < 1.29 is 4.79 Å². The minimum atomic E-state index is -0.0166. The van der Waals surface area contributed by atoms with E-state index in [-0.39, 0.29) is 5.91 Å². The van der Waals surface area contributed by atoms with Crippen LogP contribution in [0.5, 0.6) is 0 Å². The lowest BCUT2D eigenvalue weighted by molar-refractivity contribution is 0.0947. The highest BCUT2D eigenvalue weighted by molar-refractivity contribution is 6.30. The molecule has 0 aliphatic carbocycles. The van der Waals surface area contributed by atoms with Gasteiger partial charge in [0.05, 0.1) is 0 Å². The number of benzene rings is 1. The minimum Gasteiger partial charge on any atom is -0.352 e. The summed E-state index contributed by atoms with van der Waals surface area (Å²) in [5, 5.41) is 3.63. The maximum atomic E-state index is 11.9. The molecule has 1 aromatic carbocycles. The number of carbonyl (C=O) groups is 1. The molecule has 0 spiro atoms. The SMILES string of the molecule is CCCCCCC(C)CNC(=O)c1ccc(Cl)cc1. The first-order valence-corrected chi connectivity index (χ1v) is 7.55. The molecule has 2 nitrogen and oxygen atoms in total. The summed E-state index contributed by atoms with van der Waals surface area (Å²) in [6.07, 6.45) is 6.31. The third-order valence-electron chi connectivity index (χ3n) is 3.27. The van der Waals surface area contributed by atoms with E-state index in [2.05, 4.69) is 19.2 Å². The van der Waals surface area contributed by atoms with E-state index in [0.29, 0.717) is 16.5 Å². The second kappa shape index (κ2) is 8.98. The average molecular weight is 282 g/mol. The van der Waals surface area contributed by atoms with Gasteiger partial charge in [0.1, 0.15) is 0 Å². The zero-order valence-electron chi connectivity index (χ0n) is 11.9. The predicted octanol–water partition coefficient (Wildman–Crippen LogP) is 4.68. The maximum absolute atomic E-state index is 11.9. The van der Waals surface area contributed by atoms with Crippen LogP contribution in [0.15, 0.2) is 24.3 Å². The van der Waals surface area contributed by atoms with Crippen molar-refractivity contribution in [2.75, 3.05) is 6.54 Å². The van der Waals surface area contributed by atoms with Gasteiger partial charge in [0.25, 0.3) is 5.91 Å². The molecule has 1 aromatic rings. The average Bonchev–Trinajstić information content (AvgIpc) is 2.42. The fourth-order valence-corrected chi connectivity index (χ4v) is 2.12. The van der Waals surface area contributed by atoms with Crippen molar-refractivity contribution in [2.45, 2.75) is 46.0 Å². The standard InChI is InChI=1S/C16H24ClNO/c1-3-4-5-6-7-13(2)12-18-16(19)14-8-10-15(17)11-9-14/h8-11,13H,3-7,12H2,1-2H3,(H,18,19). The van der Waals surface area contributed by atoms with Gasteiger partial charge in [0.15, 0.2) is 0 Å². The molecule has 1 N–H and O–H groups in total. The fourth-order valence-electron chi connectivity index (χ4n) is 1.99. The first kappa shape index (κ1) is 16.0. The van der Waals surface area contributed by atoms with Crippen LogP contribution in [-0.2, 0) is 0 Å². The third kappa shape index (κ3) is 6.63. The third-order valence-corrected chi connectivity index (χ3v) is 3.52. The maximum Gasteiger partial charge on any atom is 0.251 e. The van der Waals surface area contributed by atoms with Crippen LogP contribution in [0.1, 0.15) is 56.3 Å². The molecule has 0 aliphatic heterocycles. The Kier molecular flexibility index (Phi) is 7.57. The van der Waals surface area contributed by atoms with E-state index in [1.165, 1.54) is 32.1 Å². The first-order valence-electron chi connectivity index (χ1n) is 7.17. The molecule has 1 amide bonds. The summed E-state index contributed by atoms with van der Waals surface area (Å²) in [5.41, 5.74) is 0.669. The van der Waals surface area contributed by atoms with Crippen LogP contribution in [0.3, 0.4) is 0 Å². The van der Waals surface area contributed by atoms with Gasteiger partial charge in [-0.15, -0.1) is 0 Å². The Morgan fingerprint density at radius 3 is 2.53 bits per heavy atom. The Bertz CT molecular complexity index is 375. The molecular weight excluding hydrogens is 258 g/mol. The Labute approximate surface area is 121 Å². The number of unbranched alkanes of at least 4 members (excludes halogenated alkanes) is 3. The van der Waals surface area contributed by atoms with Crippen LogP contribution in [0.4, 0.5) is 0 Å². The Balaban J connectivity index is 2.24. The van der Waals surface area contributed by atoms with Gasteiger partial charge in [0, 0.05) is 17.1 Å². The second-order valence-corrected chi connectivity index (χ2v) is 5.61. The Morgan fingerprint density at radius 2 is 1.89 bits per heavy atom. The summed E-state index contributed by atoms with van der Waals surface area (Å²) < 4.78 is 0. The number of hydrogen-bond donors (Lipinski definition) is 1. The van der Waals surface area contributed by atoms with Crippen LogP contribution in [0.25, 0.3) is 0 Å². The van der Waals surface area contributed by atoms with Crippen molar-refractivity contribution in [3.8, 4) is 0 Å². The molecule has 0 saturated carbocycles. The summed E-state index contributed by atoms with van der Waals surface area (Å²) >= 11 is 5.80. The van der Waals surface area contributed by atoms with Crippen molar-refractivity contribution in [3.63, 3.8) is 0 Å². The van der Waals surface area contributed by atoms with E-state index in [1.54, 1.807) is 24.3 Å². The normalized spacial score (nSPS) is 12.2. The molecular formula is C16H24ClNO. The van der Waals surface area contributed by atoms with Gasteiger partial charge < -0.3 is 5.32 Å². The molecule has 0 aromatic heterocycles. The monoisotopic (exact) mass is 281 g/mol. The van der Waals surface area contributed by atoms with E-state index in [4.69, 9.17) is 11.6 Å². The lowest BCUT2D eigenvalue weighted by atomic mass is 10.0. The summed E-state index contributed by atoms with van der Waals surface area (Å²) in [7, 11) is 0. The number of nitrogens with one attached hydrogen (secondary N) is 1. The van der Waals surface area contributed by atoms with Gasteiger partial charge in [-0.3, -0.25) is 4.79 Å². The molecule has 0 bridgehead atoms. The predicted molar refractivity (Wildman–Crippen MR) is 81.7 cm³/mol. The van der Waals surface area contributed by atoms with Crippen molar-refractivity contribution >= 4 is 17.5 Å². The fraction of sp³-hybridized carbons (Fsp3) is 0.562. The van der Waals surface area contributed by atoms with E-state index in [1.807, 2.05) is 0 Å². The number of carbonyl (C=O) groups excluding carboxylic acids is 1. The molecule has 106 valence electrons. The van der Waals surface area contributed by atoms with Gasteiger partial charge in [-0.1, -0.05) is 51.1 Å². The first-order chi connectivity index (χ1) is 9.13. The van der Waals surface area contributed by atoms with Crippen molar-refractivity contribution in [1.82, 2.24) is 5.32 Å². The van der Waals surface area contributed by atoms with Crippen LogP contribution in [0, 0.1) is 5.92 Å². The van der Waals surface area contributed by atoms with Crippen LogP contribution >= 0.6 is 11.6 Å². The molecule has 1 rings (SSSR count). The van der Waals surface area contributed by atoms with E-state index in [0.717, 1.165) is 6.54 Å². The van der Waals surface area contributed by atoms with Gasteiger partial charge in [-0.05, 0) is 36.6 Å². The number of amides is 1. The van der Waals surface area contributed by atoms with E-state index >= 15 is 0 Å². The summed E-state index contributed by atoms with van der Waals surface area (Å²) in [4.78, 5) is 11.9. The van der Waals surface area contributed by atoms with Gasteiger partial charge in [0.2, 0.25) is 0 Å². The molecule has 1 atom stereocenters. The zero-order valence-corrected chi connectivity index (χ0v) is 12.7. The van der Waals surface area contributed by atoms with Crippen molar-refractivity contribution in [1.29, 1.82) is 0 Å². The molecule has 0 saturated heterocycles. The highest BCUT2D eigenvalue weighted by Crippen LogP contribution is 2.11. The minimum absolute atomic E-state index is 0.0166. The largest absolute Gasteiger partial charge is 0.352 e. The molecule has 19 heavy (non-hydrogen) atoms. The van der Waals surface area contributed by atoms with Gasteiger partial charge in [-0.2, -0.15) is 0 Å². The Morgan fingerprint density at radius 1 is 1.21 bits per heavy atom. The van der Waals surface area contributed by atoms with Crippen molar-refractivity contribution in [3.05, 3.63) is 34.9 Å². The molecule has 1 unspecified atom stereocenters. The zero-order chi connectivity index (χ0) is 14.1. The van der Waals surface area contributed by atoms with E-state index < -0.39 is 0 Å². The molecule has 0 aliphatic rings. The lowest BCUT2D eigenvalue weighted by Crippen LogP contribution is -2.28. The Hall–Kier alpha value is -1.02. The smallest absolute Gasteiger partial charge is 0.251 e. The quantitative estimate of drug-likeness (QED) is 0.689. The van der Waals surface area contributed by atoms with Crippen LogP contribution in [-0.4, -0.2) is 12.5 Å². The molecule has 3 heteroatoms. The number of rotatable bonds is 8. The van der Waals surface area contributed by atoms with Gasteiger partial charge >= 0.3 is 0 Å². The number of halogens is 1. The lowest BCUT2D eigenvalue weighted by Gasteiger charge is -2.12.